The molecule has 0 amide bonds. The SMILES string of the molecule is N#Cc1ccc(-c2csc(NC3CCNCC3)n2)cc1. The lowest BCUT2D eigenvalue weighted by molar-refractivity contribution is 0.479. The lowest BCUT2D eigenvalue weighted by atomic mass is 10.1. The highest BCUT2D eigenvalue weighted by Gasteiger charge is 2.14. The van der Waals surface area contributed by atoms with Gasteiger partial charge in [0.25, 0.3) is 0 Å². The van der Waals surface area contributed by atoms with Gasteiger partial charge in [-0.25, -0.2) is 4.98 Å². The first-order valence-electron chi connectivity index (χ1n) is 6.78. The second-order valence-electron chi connectivity index (χ2n) is 4.90. The number of rotatable bonds is 3. The minimum absolute atomic E-state index is 0.524. The highest BCUT2D eigenvalue weighted by Crippen LogP contribution is 2.26. The summed E-state index contributed by atoms with van der Waals surface area (Å²) in [6.07, 6.45) is 2.29. The van der Waals surface area contributed by atoms with Gasteiger partial charge in [-0.3, -0.25) is 0 Å². The van der Waals surface area contributed by atoms with E-state index in [1.165, 1.54) is 0 Å². The standard InChI is InChI=1S/C15H16N4S/c16-9-11-1-3-12(4-2-11)14-10-20-15(19-14)18-13-5-7-17-8-6-13/h1-4,10,13,17H,5-8H2,(H,18,19). The quantitative estimate of drug-likeness (QED) is 0.910. The van der Waals surface area contributed by atoms with E-state index in [0.29, 0.717) is 11.6 Å². The van der Waals surface area contributed by atoms with Crippen LogP contribution in [0.25, 0.3) is 11.3 Å². The van der Waals surface area contributed by atoms with Gasteiger partial charge >= 0.3 is 0 Å². The zero-order valence-electron chi connectivity index (χ0n) is 11.1. The maximum absolute atomic E-state index is 8.81. The summed E-state index contributed by atoms with van der Waals surface area (Å²) < 4.78 is 0. The zero-order chi connectivity index (χ0) is 13.8. The van der Waals surface area contributed by atoms with Gasteiger partial charge in [-0.1, -0.05) is 12.1 Å². The number of aromatic nitrogens is 1. The zero-order valence-corrected chi connectivity index (χ0v) is 11.9. The molecule has 2 aromatic rings. The van der Waals surface area contributed by atoms with Gasteiger partial charge in [0.1, 0.15) is 0 Å². The molecule has 0 aliphatic carbocycles. The van der Waals surface area contributed by atoms with Crippen LogP contribution in [0.3, 0.4) is 0 Å². The number of hydrogen-bond acceptors (Lipinski definition) is 5. The van der Waals surface area contributed by atoms with Gasteiger partial charge in [-0.05, 0) is 38.1 Å². The number of nitrogens with zero attached hydrogens (tertiary/aromatic N) is 2. The third-order valence-electron chi connectivity index (χ3n) is 3.48. The average molecular weight is 284 g/mol. The molecule has 1 aliphatic rings. The van der Waals surface area contributed by atoms with Gasteiger partial charge in [-0.2, -0.15) is 5.26 Å². The number of nitriles is 1. The van der Waals surface area contributed by atoms with Crippen molar-refractivity contribution in [3.63, 3.8) is 0 Å². The Hall–Kier alpha value is -1.90. The van der Waals surface area contributed by atoms with Crippen LogP contribution in [0.15, 0.2) is 29.6 Å². The Morgan fingerprint density at radius 2 is 2.00 bits per heavy atom. The van der Waals surface area contributed by atoms with Crippen molar-refractivity contribution in [2.24, 2.45) is 0 Å². The Morgan fingerprint density at radius 3 is 2.70 bits per heavy atom. The third kappa shape index (κ3) is 2.98. The fourth-order valence-electron chi connectivity index (χ4n) is 2.33. The van der Waals surface area contributed by atoms with Crippen LogP contribution < -0.4 is 10.6 Å². The molecular formula is C15H16N4S. The highest BCUT2D eigenvalue weighted by atomic mass is 32.1. The number of hydrogen-bond donors (Lipinski definition) is 2. The van der Waals surface area contributed by atoms with E-state index in [1.54, 1.807) is 11.3 Å². The monoisotopic (exact) mass is 284 g/mol. The van der Waals surface area contributed by atoms with E-state index in [2.05, 4.69) is 27.1 Å². The van der Waals surface area contributed by atoms with Gasteiger partial charge in [0.05, 0.1) is 17.3 Å². The Kier molecular flexibility index (Phi) is 3.95. The first-order valence-corrected chi connectivity index (χ1v) is 7.66. The lowest BCUT2D eigenvalue weighted by Crippen LogP contribution is -2.35. The van der Waals surface area contributed by atoms with Gasteiger partial charge in [-0.15, -0.1) is 11.3 Å². The molecule has 2 N–H and O–H groups in total. The fraction of sp³-hybridized carbons (Fsp3) is 0.333. The van der Waals surface area contributed by atoms with Crippen molar-refractivity contribution in [2.75, 3.05) is 18.4 Å². The molecule has 1 saturated heterocycles. The number of benzene rings is 1. The van der Waals surface area contributed by atoms with E-state index in [-0.39, 0.29) is 0 Å². The molecule has 1 fully saturated rings. The van der Waals surface area contributed by atoms with Crippen molar-refractivity contribution in [1.82, 2.24) is 10.3 Å². The summed E-state index contributed by atoms with van der Waals surface area (Å²) in [6.45, 7) is 2.15. The van der Waals surface area contributed by atoms with E-state index in [0.717, 1.165) is 42.3 Å². The van der Waals surface area contributed by atoms with Gasteiger partial charge < -0.3 is 10.6 Å². The van der Waals surface area contributed by atoms with Crippen LogP contribution in [-0.2, 0) is 0 Å². The molecule has 1 aromatic heterocycles. The number of nitrogens with one attached hydrogen (secondary N) is 2. The maximum Gasteiger partial charge on any atom is 0.183 e. The Bertz CT molecular complexity index is 606. The van der Waals surface area contributed by atoms with E-state index in [9.17, 15) is 0 Å². The van der Waals surface area contributed by atoms with E-state index >= 15 is 0 Å². The van der Waals surface area contributed by atoms with E-state index in [4.69, 9.17) is 5.26 Å². The molecule has 0 saturated carbocycles. The van der Waals surface area contributed by atoms with Crippen molar-refractivity contribution in [3.8, 4) is 17.3 Å². The molecule has 0 radical (unpaired) electrons. The minimum atomic E-state index is 0.524. The first-order chi connectivity index (χ1) is 9.85. The van der Waals surface area contributed by atoms with E-state index in [1.807, 2.05) is 24.3 Å². The second-order valence-corrected chi connectivity index (χ2v) is 5.75. The molecule has 1 aromatic carbocycles. The third-order valence-corrected chi connectivity index (χ3v) is 4.25. The highest BCUT2D eigenvalue weighted by molar-refractivity contribution is 7.14. The predicted molar refractivity (Wildman–Crippen MR) is 81.8 cm³/mol. The molecule has 0 atom stereocenters. The van der Waals surface area contributed by atoms with Gasteiger partial charge in [0.15, 0.2) is 5.13 Å². The minimum Gasteiger partial charge on any atom is -0.359 e. The summed E-state index contributed by atoms with van der Waals surface area (Å²) in [7, 11) is 0. The normalized spacial score (nSPS) is 15.8. The van der Waals surface area contributed by atoms with Crippen LogP contribution in [0.2, 0.25) is 0 Å². The van der Waals surface area contributed by atoms with Crippen LogP contribution in [0.4, 0.5) is 5.13 Å². The molecule has 0 unspecified atom stereocenters. The van der Waals surface area contributed by atoms with E-state index < -0.39 is 0 Å². The van der Waals surface area contributed by atoms with Crippen molar-refractivity contribution >= 4 is 16.5 Å². The van der Waals surface area contributed by atoms with Gasteiger partial charge in [0.2, 0.25) is 0 Å². The molecular weight excluding hydrogens is 268 g/mol. The molecule has 20 heavy (non-hydrogen) atoms. The molecule has 102 valence electrons. The number of piperidine rings is 1. The Balaban J connectivity index is 1.70. The van der Waals surface area contributed by atoms with Gasteiger partial charge in [0, 0.05) is 17.0 Å². The molecule has 4 nitrogen and oxygen atoms in total. The molecule has 5 heteroatoms. The Morgan fingerprint density at radius 1 is 1.25 bits per heavy atom. The summed E-state index contributed by atoms with van der Waals surface area (Å²) in [4.78, 5) is 4.63. The van der Waals surface area contributed by atoms with Crippen molar-refractivity contribution in [3.05, 3.63) is 35.2 Å². The summed E-state index contributed by atoms with van der Waals surface area (Å²) in [5, 5.41) is 18.7. The van der Waals surface area contributed by atoms with Crippen molar-refractivity contribution in [1.29, 1.82) is 5.26 Å². The lowest BCUT2D eigenvalue weighted by Gasteiger charge is -2.23. The molecule has 1 aliphatic heterocycles. The number of anilines is 1. The van der Waals surface area contributed by atoms with Crippen LogP contribution >= 0.6 is 11.3 Å². The predicted octanol–water partition coefficient (Wildman–Crippen LogP) is 2.85. The van der Waals surface area contributed by atoms with Crippen molar-refractivity contribution in [2.45, 2.75) is 18.9 Å². The summed E-state index contributed by atoms with van der Waals surface area (Å²) >= 11 is 1.64. The largest absolute Gasteiger partial charge is 0.359 e. The first kappa shape index (κ1) is 13.1. The summed E-state index contributed by atoms with van der Waals surface area (Å²) in [5.41, 5.74) is 2.70. The number of thiazole rings is 1. The van der Waals surface area contributed by atoms with Crippen LogP contribution in [0, 0.1) is 11.3 Å². The molecule has 3 rings (SSSR count). The smallest absolute Gasteiger partial charge is 0.183 e. The molecule has 2 heterocycles. The average Bonchev–Trinajstić information content (AvgIpc) is 2.97. The maximum atomic E-state index is 8.81. The summed E-state index contributed by atoms with van der Waals surface area (Å²) in [6, 6.07) is 10.2. The molecule has 0 bridgehead atoms. The van der Waals surface area contributed by atoms with Crippen LogP contribution in [0.1, 0.15) is 18.4 Å². The second kappa shape index (κ2) is 6.04. The summed E-state index contributed by atoms with van der Waals surface area (Å²) in [5.74, 6) is 0. The fourth-order valence-corrected chi connectivity index (χ4v) is 3.13. The van der Waals surface area contributed by atoms with Crippen LogP contribution in [0.5, 0.6) is 0 Å². The topological polar surface area (TPSA) is 60.7 Å². The van der Waals surface area contributed by atoms with Crippen LogP contribution in [-0.4, -0.2) is 24.1 Å². The molecule has 0 spiro atoms. The van der Waals surface area contributed by atoms with Crippen molar-refractivity contribution < 1.29 is 0 Å². The Labute approximate surface area is 122 Å².